The molecular formula is C40H44F3N3O6S2. The van der Waals surface area contributed by atoms with Crippen LogP contribution in [0.15, 0.2) is 66.7 Å². The van der Waals surface area contributed by atoms with Gasteiger partial charge in [-0.05, 0) is 88.3 Å². The van der Waals surface area contributed by atoms with Gasteiger partial charge in [-0.2, -0.15) is 13.2 Å². The van der Waals surface area contributed by atoms with Crippen molar-refractivity contribution in [1.29, 1.82) is 0 Å². The molecule has 0 spiro atoms. The maximum Gasteiger partial charge on any atom is 0.416 e. The van der Waals surface area contributed by atoms with Crippen LogP contribution in [-0.2, 0) is 30.6 Å². The molecule has 2 amide bonds. The summed E-state index contributed by atoms with van der Waals surface area (Å²) in [4.78, 5) is 49.3. The van der Waals surface area contributed by atoms with Crippen molar-refractivity contribution in [1.82, 2.24) is 14.6 Å². The summed E-state index contributed by atoms with van der Waals surface area (Å²) in [7, 11) is -2.20. The van der Waals surface area contributed by atoms with Crippen LogP contribution in [0.25, 0.3) is 21.0 Å². The molecule has 3 aliphatic carbocycles. The second-order valence-corrected chi connectivity index (χ2v) is 18.7. The van der Waals surface area contributed by atoms with Crippen molar-refractivity contribution < 1.29 is 40.7 Å². The van der Waals surface area contributed by atoms with Crippen LogP contribution in [0.2, 0.25) is 0 Å². The quantitative estimate of drug-likeness (QED) is 0.243. The topological polar surface area (TPSA) is 123 Å². The maximum absolute atomic E-state index is 14.5. The third kappa shape index (κ3) is 7.73. The van der Waals surface area contributed by atoms with E-state index in [9.17, 15) is 36.0 Å². The van der Waals surface area contributed by atoms with Gasteiger partial charge in [0.25, 0.3) is 0 Å². The van der Waals surface area contributed by atoms with Gasteiger partial charge < -0.3 is 9.64 Å². The van der Waals surface area contributed by atoms with E-state index < -0.39 is 55.8 Å². The number of amides is 2. The third-order valence-corrected chi connectivity index (χ3v) is 14.9. The van der Waals surface area contributed by atoms with E-state index in [0.29, 0.717) is 48.5 Å². The Balaban J connectivity index is 1.19. The van der Waals surface area contributed by atoms with E-state index in [4.69, 9.17) is 9.72 Å². The molecular weight excluding hydrogens is 740 g/mol. The number of sulfonamides is 1. The number of nitrogens with one attached hydrogen (secondary N) is 1. The largest absolute Gasteiger partial charge is 0.473 e. The van der Waals surface area contributed by atoms with Crippen LogP contribution in [0, 0.1) is 23.2 Å². The van der Waals surface area contributed by atoms with Crippen molar-refractivity contribution >= 4 is 39.0 Å². The predicted molar refractivity (Wildman–Crippen MR) is 199 cm³/mol. The Labute approximate surface area is 317 Å². The van der Waals surface area contributed by atoms with Gasteiger partial charge in [0.2, 0.25) is 27.7 Å². The molecule has 54 heavy (non-hydrogen) atoms. The highest BCUT2D eigenvalue weighted by molar-refractivity contribution is 7.91. The predicted octanol–water partition coefficient (Wildman–Crippen LogP) is 7.82. The van der Waals surface area contributed by atoms with Crippen LogP contribution in [0.4, 0.5) is 13.2 Å². The lowest BCUT2D eigenvalue weighted by atomic mass is 9.72. The molecule has 0 bridgehead atoms. The van der Waals surface area contributed by atoms with E-state index in [1.54, 1.807) is 24.9 Å². The molecule has 14 heteroatoms. The zero-order valence-corrected chi connectivity index (χ0v) is 31.9. The minimum atomic E-state index is -4.53. The Morgan fingerprint density at radius 1 is 1.02 bits per heavy atom. The molecule has 7 rings (SSSR count). The fraction of sp³-hybridized carbons (Fsp3) is 0.500. The Bertz CT molecular complexity index is 2060. The van der Waals surface area contributed by atoms with Gasteiger partial charge in [-0.1, -0.05) is 54.6 Å². The summed E-state index contributed by atoms with van der Waals surface area (Å²) in [6, 6.07) is 14.2. The van der Waals surface area contributed by atoms with Crippen molar-refractivity contribution in [3.8, 4) is 26.9 Å². The molecule has 288 valence electrons. The summed E-state index contributed by atoms with van der Waals surface area (Å²) in [6.07, 6.45) is 3.09. The minimum Gasteiger partial charge on any atom is -0.473 e. The first-order chi connectivity index (χ1) is 25.6. The molecule has 5 atom stereocenters. The van der Waals surface area contributed by atoms with E-state index in [1.807, 2.05) is 42.5 Å². The number of hydrogen-bond donors (Lipinski definition) is 1. The lowest BCUT2D eigenvalue weighted by Crippen LogP contribution is -2.47. The highest BCUT2D eigenvalue weighted by atomic mass is 32.2. The highest BCUT2D eigenvalue weighted by Crippen LogP contribution is 2.58. The first-order valence-corrected chi connectivity index (χ1v) is 20.8. The fourth-order valence-corrected chi connectivity index (χ4v) is 10.1. The smallest absolute Gasteiger partial charge is 0.416 e. The van der Waals surface area contributed by atoms with Crippen molar-refractivity contribution in [2.24, 2.45) is 23.2 Å². The van der Waals surface area contributed by atoms with Gasteiger partial charge >= 0.3 is 6.18 Å². The third-order valence-electron chi connectivity index (χ3n) is 11.6. The average molecular weight is 784 g/mol. The van der Waals surface area contributed by atoms with Crippen LogP contribution in [0.1, 0.15) is 76.7 Å². The number of carbonyl (C=O) groups is 3. The lowest BCUT2D eigenvalue weighted by molar-refractivity contribution is -0.144. The van der Waals surface area contributed by atoms with E-state index >= 15 is 0 Å². The van der Waals surface area contributed by atoms with E-state index in [-0.39, 0.29) is 41.9 Å². The number of ketones is 1. The monoisotopic (exact) mass is 783 g/mol. The Morgan fingerprint density at radius 3 is 2.48 bits per heavy atom. The minimum absolute atomic E-state index is 0.153. The van der Waals surface area contributed by atoms with Crippen molar-refractivity contribution in [3.63, 3.8) is 0 Å². The molecule has 0 unspecified atom stereocenters. The van der Waals surface area contributed by atoms with Gasteiger partial charge in [0.05, 0.1) is 20.6 Å². The first-order valence-electron chi connectivity index (χ1n) is 18.5. The van der Waals surface area contributed by atoms with Gasteiger partial charge in [0, 0.05) is 37.4 Å². The molecule has 3 saturated carbocycles. The number of fused-ring (bicyclic) bond motifs is 2. The molecule has 2 aromatic carbocycles. The van der Waals surface area contributed by atoms with Gasteiger partial charge in [-0.25, -0.2) is 13.4 Å². The highest BCUT2D eigenvalue weighted by Gasteiger charge is 2.62. The number of rotatable bonds is 7. The number of aromatic nitrogens is 1. The number of thiazole rings is 1. The summed E-state index contributed by atoms with van der Waals surface area (Å²) in [5.74, 6) is -2.67. The second-order valence-electron chi connectivity index (χ2n) is 15.5. The van der Waals surface area contributed by atoms with Gasteiger partial charge in [-0.3, -0.25) is 19.1 Å². The van der Waals surface area contributed by atoms with Crippen LogP contribution in [0.5, 0.6) is 5.88 Å². The number of allylic oxidation sites excluding steroid dienone is 2. The average Bonchev–Trinajstić information content (AvgIpc) is 4.03. The number of hydrogen-bond acceptors (Lipinski definition) is 8. The second kappa shape index (κ2) is 14.6. The molecule has 1 aliphatic heterocycles. The molecule has 2 heterocycles. The summed E-state index contributed by atoms with van der Waals surface area (Å²) in [5, 5.41) is 0.338. The molecule has 1 N–H and O–H groups in total. The zero-order valence-electron chi connectivity index (χ0n) is 30.2. The molecule has 9 nitrogen and oxygen atoms in total. The molecule has 0 radical (unpaired) electrons. The number of alkyl halides is 3. The van der Waals surface area contributed by atoms with Crippen molar-refractivity contribution in [2.75, 3.05) is 13.6 Å². The lowest BCUT2D eigenvalue weighted by Gasteiger charge is -2.37. The van der Waals surface area contributed by atoms with E-state index in [0.717, 1.165) is 37.0 Å². The number of nitrogens with zero attached hydrogens (tertiary/aromatic N) is 2. The summed E-state index contributed by atoms with van der Waals surface area (Å²) >= 11 is 1.20. The fourth-order valence-electron chi connectivity index (χ4n) is 7.79. The van der Waals surface area contributed by atoms with Gasteiger partial charge in [-0.15, -0.1) is 11.3 Å². The Kier molecular flexibility index (Phi) is 10.3. The standard InChI is InChI=1S/C40H44F3N3O6S2/c1-38(18-19-38)54(50,51)45-37(49)39-23-28(39)14-8-3-4-9-20-46(2)36(48)30-17-16-29(22-31(30)32(47)24-39)52-34-33(25-11-6-5-7-12-25)53-35(44-34)26-13-10-15-27(21-26)40(41,42)43/h5-8,10-15,21,28-31H,3-4,9,16-20,22-24H2,1-2H3,(H,45,49)/b14-8-/t28-,29+,30-,31-,39-/m1/s1. The molecule has 3 aromatic rings. The summed E-state index contributed by atoms with van der Waals surface area (Å²) < 4.78 is 75.0. The molecule has 1 aromatic heterocycles. The van der Waals surface area contributed by atoms with Crippen molar-refractivity contribution in [2.45, 2.75) is 88.2 Å². The number of Topliss-reactive ketones (excluding diaryl/α,β-unsaturated/α-hetero) is 1. The first kappa shape index (κ1) is 38.2. The van der Waals surface area contributed by atoms with E-state index in [1.165, 1.54) is 17.4 Å². The molecule has 3 fully saturated rings. The molecule has 4 aliphatic rings. The van der Waals surface area contributed by atoms with Crippen LogP contribution in [-0.4, -0.2) is 60.3 Å². The van der Waals surface area contributed by atoms with Gasteiger partial charge in [0.1, 0.15) is 16.9 Å². The normalized spacial score (nSPS) is 27.9. The number of carbonyl (C=O) groups excluding carboxylic acids is 3. The Hall–Kier alpha value is -4.04. The van der Waals surface area contributed by atoms with E-state index in [2.05, 4.69) is 4.72 Å². The number of halogens is 3. The SMILES string of the molecule is CN1CCCC/C=C\[C@@H]2C[C@@]2(C(=O)NS(=O)(=O)C2(C)CC2)CC(=O)[C@@H]2C[C@@H](Oc3nc(-c4cccc(C(F)(F)F)c4)sc3-c3ccccc3)CC[C@H]2C1=O. The summed E-state index contributed by atoms with van der Waals surface area (Å²) in [6.45, 7) is 2.14. The maximum atomic E-state index is 14.5. The summed E-state index contributed by atoms with van der Waals surface area (Å²) in [5.41, 5.74) is -0.981. The Morgan fingerprint density at radius 2 is 1.76 bits per heavy atom. The van der Waals surface area contributed by atoms with Crippen molar-refractivity contribution in [3.05, 3.63) is 72.3 Å². The number of benzene rings is 2. The van der Waals surface area contributed by atoms with Gasteiger partial charge in [0.15, 0.2) is 0 Å². The van der Waals surface area contributed by atoms with Crippen LogP contribution in [0.3, 0.4) is 0 Å². The van der Waals surface area contributed by atoms with Crippen LogP contribution < -0.4 is 9.46 Å². The zero-order chi connectivity index (χ0) is 38.5. The number of ether oxygens (including phenoxy) is 1. The van der Waals surface area contributed by atoms with Crippen LogP contribution >= 0.6 is 11.3 Å². The molecule has 0 saturated heterocycles.